The molecular weight excluding hydrogens is 296 g/mol. The zero-order chi connectivity index (χ0) is 16.2. The van der Waals surface area contributed by atoms with Crippen molar-refractivity contribution in [3.8, 4) is 0 Å². The molecule has 2 aromatic rings. The smallest absolute Gasteiger partial charge is 0.255 e. The summed E-state index contributed by atoms with van der Waals surface area (Å²) in [4.78, 5) is 24.1. The Balaban J connectivity index is 1.57. The van der Waals surface area contributed by atoms with Crippen LogP contribution in [-0.4, -0.2) is 43.9 Å². The topological polar surface area (TPSA) is 104 Å². The molecule has 2 heterocycles. The molecule has 0 radical (unpaired) electrons. The lowest BCUT2D eigenvalue weighted by Gasteiger charge is -2.12. The molecule has 1 aromatic carbocycles. The Kier molecular flexibility index (Phi) is 4.13. The summed E-state index contributed by atoms with van der Waals surface area (Å²) in [6, 6.07) is 7.88. The van der Waals surface area contributed by atoms with E-state index in [0.29, 0.717) is 11.5 Å². The molecule has 118 valence electrons. The Labute approximate surface area is 132 Å². The number of aromatic amines is 1. The van der Waals surface area contributed by atoms with Crippen molar-refractivity contribution in [3.63, 3.8) is 0 Å². The van der Waals surface area contributed by atoms with Crippen LogP contribution in [0.2, 0.25) is 0 Å². The van der Waals surface area contributed by atoms with Crippen molar-refractivity contribution < 1.29 is 9.59 Å². The Morgan fingerprint density at radius 1 is 1.30 bits per heavy atom. The minimum atomic E-state index is -0.281. The Bertz CT molecular complexity index is 736. The monoisotopic (exact) mass is 312 g/mol. The molecule has 0 aliphatic carbocycles. The highest BCUT2D eigenvalue weighted by Gasteiger charge is 2.24. The molecular formula is C15H16N6O2. The van der Waals surface area contributed by atoms with Crippen LogP contribution in [0.3, 0.4) is 0 Å². The van der Waals surface area contributed by atoms with Gasteiger partial charge < -0.3 is 5.32 Å². The van der Waals surface area contributed by atoms with Crippen LogP contribution in [0.25, 0.3) is 0 Å². The predicted molar refractivity (Wildman–Crippen MR) is 82.1 cm³/mol. The van der Waals surface area contributed by atoms with Gasteiger partial charge in [-0.2, -0.15) is 5.21 Å². The normalized spacial score (nSPS) is 14.0. The van der Waals surface area contributed by atoms with E-state index in [2.05, 4.69) is 25.9 Å². The van der Waals surface area contributed by atoms with Crippen molar-refractivity contribution in [2.24, 2.45) is 0 Å². The van der Waals surface area contributed by atoms with E-state index in [4.69, 9.17) is 0 Å². The number of aromatic nitrogens is 4. The molecule has 3 rings (SSSR count). The van der Waals surface area contributed by atoms with Crippen LogP contribution in [0, 0.1) is 0 Å². The van der Waals surface area contributed by atoms with E-state index in [1.807, 2.05) is 24.3 Å². The molecule has 1 aromatic heterocycles. The highest BCUT2D eigenvalue weighted by molar-refractivity contribution is 6.03. The molecule has 0 unspecified atom stereocenters. The molecule has 2 amide bonds. The number of hydrogen-bond donors (Lipinski definition) is 2. The number of H-pyrrole nitrogens is 1. The maximum atomic E-state index is 11.6. The molecule has 8 nitrogen and oxygen atoms in total. The number of rotatable bonds is 5. The zero-order valence-electron chi connectivity index (χ0n) is 12.6. The lowest BCUT2D eigenvalue weighted by Crippen LogP contribution is -2.31. The average molecular weight is 312 g/mol. The van der Waals surface area contributed by atoms with E-state index in [0.717, 1.165) is 24.1 Å². The minimum absolute atomic E-state index is 0.250. The number of benzene rings is 1. The number of imide groups is 1. The number of tetrazole rings is 1. The van der Waals surface area contributed by atoms with E-state index in [1.54, 1.807) is 0 Å². The molecule has 1 aliphatic rings. The molecule has 0 bridgehead atoms. The molecule has 0 saturated heterocycles. The number of nitrogens with one attached hydrogen (secondary N) is 2. The largest absolute Gasteiger partial charge is 0.357 e. The summed E-state index contributed by atoms with van der Waals surface area (Å²) in [7, 11) is 0. The summed E-state index contributed by atoms with van der Waals surface area (Å²) in [6.07, 6.45) is 2.99. The fourth-order valence-electron chi connectivity index (χ4n) is 2.35. The first-order valence-electron chi connectivity index (χ1n) is 7.23. The van der Waals surface area contributed by atoms with Crippen LogP contribution in [-0.2, 0) is 22.4 Å². The van der Waals surface area contributed by atoms with Gasteiger partial charge in [0.05, 0.1) is 6.54 Å². The maximum absolute atomic E-state index is 11.6. The molecule has 0 saturated carbocycles. The Morgan fingerprint density at radius 2 is 2.09 bits per heavy atom. The van der Waals surface area contributed by atoms with Gasteiger partial charge in [0.15, 0.2) is 5.82 Å². The predicted octanol–water partition coefficient (Wildman–Crippen LogP) is 0.669. The standard InChI is InChI=1S/C15H16N6O2/c1-10(22)21-9-13(8-15(21)23)16-12-5-2-11(3-6-12)4-7-14-17-19-20-18-14/h2-3,5-6,8,16H,4,7,9H2,1H3,(H,17,18,19,20). The van der Waals surface area contributed by atoms with E-state index in [9.17, 15) is 9.59 Å². The summed E-state index contributed by atoms with van der Waals surface area (Å²) in [5, 5.41) is 16.9. The molecule has 1 aliphatic heterocycles. The van der Waals surface area contributed by atoms with Crippen LogP contribution in [0.15, 0.2) is 36.0 Å². The first-order chi connectivity index (χ1) is 11.1. The van der Waals surface area contributed by atoms with Gasteiger partial charge in [0.1, 0.15) is 0 Å². The van der Waals surface area contributed by atoms with Crippen molar-refractivity contribution in [2.45, 2.75) is 19.8 Å². The maximum Gasteiger partial charge on any atom is 0.255 e. The lowest BCUT2D eigenvalue weighted by molar-refractivity contribution is -0.138. The number of anilines is 1. The van der Waals surface area contributed by atoms with E-state index >= 15 is 0 Å². The number of amides is 2. The SMILES string of the molecule is CC(=O)N1CC(Nc2ccc(CCc3nn[nH]n3)cc2)=CC1=O. The van der Waals surface area contributed by atoms with E-state index < -0.39 is 0 Å². The van der Waals surface area contributed by atoms with E-state index in [-0.39, 0.29) is 18.4 Å². The summed E-state index contributed by atoms with van der Waals surface area (Å²) in [5.74, 6) is 0.155. The van der Waals surface area contributed by atoms with Gasteiger partial charge in [-0.1, -0.05) is 17.3 Å². The van der Waals surface area contributed by atoms with Crippen molar-refractivity contribution >= 4 is 17.5 Å². The minimum Gasteiger partial charge on any atom is -0.357 e. The molecule has 0 spiro atoms. The second-order valence-corrected chi connectivity index (χ2v) is 5.26. The van der Waals surface area contributed by atoms with Gasteiger partial charge in [0.2, 0.25) is 5.91 Å². The number of nitrogens with zero attached hydrogens (tertiary/aromatic N) is 4. The van der Waals surface area contributed by atoms with Crippen molar-refractivity contribution in [2.75, 3.05) is 11.9 Å². The average Bonchev–Trinajstić information content (AvgIpc) is 3.16. The first kappa shape index (κ1) is 14.9. The zero-order valence-corrected chi connectivity index (χ0v) is 12.6. The Hall–Kier alpha value is -3.03. The molecule has 0 atom stereocenters. The first-order valence-corrected chi connectivity index (χ1v) is 7.23. The van der Waals surface area contributed by atoms with Gasteiger partial charge in [-0.05, 0) is 24.1 Å². The third-order valence-corrected chi connectivity index (χ3v) is 3.56. The highest BCUT2D eigenvalue weighted by atomic mass is 16.2. The lowest BCUT2D eigenvalue weighted by atomic mass is 10.1. The third-order valence-electron chi connectivity index (χ3n) is 3.56. The van der Waals surface area contributed by atoms with Gasteiger partial charge in [0.25, 0.3) is 5.91 Å². The molecule has 0 fully saturated rings. The fourth-order valence-corrected chi connectivity index (χ4v) is 2.35. The van der Waals surface area contributed by atoms with Crippen molar-refractivity contribution in [1.29, 1.82) is 0 Å². The van der Waals surface area contributed by atoms with Gasteiger partial charge in [-0.25, -0.2) is 0 Å². The van der Waals surface area contributed by atoms with Crippen LogP contribution in [0.4, 0.5) is 5.69 Å². The molecule has 8 heteroatoms. The van der Waals surface area contributed by atoms with Crippen molar-refractivity contribution in [1.82, 2.24) is 25.5 Å². The highest BCUT2D eigenvalue weighted by Crippen LogP contribution is 2.17. The van der Waals surface area contributed by atoms with Gasteiger partial charge in [-0.15, -0.1) is 10.2 Å². The number of carbonyl (C=O) groups is 2. The number of hydrogen-bond acceptors (Lipinski definition) is 6. The van der Waals surface area contributed by atoms with Crippen LogP contribution in [0.1, 0.15) is 18.3 Å². The summed E-state index contributed by atoms with van der Waals surface area (Å²) >= 11 is 0. The number of aryl methyl sites for hydroxylation is 2. The van der Waals surface area contributed by atoms with Crippen LogP contribution < -0.4 is 5.32 Å². The summed E-state index contributed by atoms with van der Waals surface area (Å²) in [6.45, 7) is 1.67. The van der Waals surface area contributed by atoms with Crippen LogP contribution in [0.5, 0.6) is 0 Å². The number of carbonyl (C=O) groups excluding carboxylic acids is 2. The van der Waals surface area contributed by atoms with E-state index in [1.165, 1.54) is 17.9 Å². The summed E-state index contributed by atoms with van der Waals surface area (Å²) in [5.41, 5.74) is 2.74. The molecule has 23 heavy (non-hydrogen) atoms. The van der Waals surface area contributed by atoms with Crippen molar-refractivity contribution in [3.05, 3.63) is 47.4 Å². The van der Waals surface area contributed by atoms with Gasteiger partial charge >= 0.3 is 0 Å². The second kappa shape index (κ2) is 6.39. The second-order valence-electron chi connectivity index (χ2n) is 5.26. The summed E-state index contributed by atoms with van der Waals surface area (Å²) < 4.78 is 0. The van der Waals surface area contributed by atoms with Gasteiger partial charge in [-0.3, -0.25) is 14.5 Å². The fraction of sp³-hybridized carbons (Fsp3) is 0.267. The van der Waals surface area contributed by atoms with Crippen LogP contribution >= 0.6 is 0 Å². The quantitative estimate of drug-likeness (QED) is 0.841. The third kappa shape index (κ3) is 3.60. The van der Waals surface area contributed by atoms with Gasteiger partial charge in [0, 0.05) is 30.8 Å². The Morgan fingerprint density at radius 3 is 2.70 bits per heavy atom. The molecule has 2 N–H and O–H groups in total.